The lowest BCUT2D eigenvalue weighted by Gasteiger charge is -2.34. The van der Waals surface area contributed by atoms with Crippen LogP contribution < -0.4 is 0 Å². The lowest BCUT2D eigenvalue weighted by molar-refractivity contribution is -0.145. The highest BCUT2D eigenvalue weighted by atomic mass is 19.4. The van der Waals surface area contributed by atoms with Crippen LogP contribution in [0, 0.1) is 0 Å². The van der Waals surface area contributed by atoms with Crippen molar-refractivity contribution in [2.45, 2.75) is 31.2 Å². The zero-order valence-corrected chi connectivity index (χ0v) is 9.35. The van der Waals surface area contributed by atoms with Crippen LogP contribution in [0.25, 0.3) is 11.0 Å². The molecule has 3 rings (SSSR count). The largest absolute Gasteiger partial charge is 0.431 e. The van der Waals surface area contributed by atoms with E-state index in [0.29, 0.717) is 23.9 Å². The van der Waals surface area contributed by atoms with E-state index < -0.39 is 18.0 Å². The number of nitrogens with zero attached hydrogens (tertiary/aromatic N) is 2. The van der Waals surface area contributed by atoms with E-state index in [2.05, 4.69) is 4.98 Å². The summed E-state index contributed by atoms with van der Waals surface area (Å²) < 4.78 is 40.2. The number of hydrogen-bond acceptors (Lipinski definition) is 2. The van der Waals surface area contributed by atoms with Gasteiger partial charge in [-0.1, -0.05) is 0 Å². The molecule has 2 aromatic heterocycles. The van der Waals surface area contributed by atoms with E-state index in [-0.39, 0.29) is 6.04 Å². The Morgan fingerprint density at radius 1 is 1.33 bits per heavy atom. The maximum absolute atomic E-state index is 13.0. The van der Waals surface area contributed by atoms with E-state index in [1.54, 1.807) is 12.1 Å². The van der Waals surface area contributed by atoms with Crippen molar-refractivity contribution in [2.24, 2.45) is 0 Å². The number of fused-ring (bicyclic) bond motifs is 1. The number of aliphatic hydroxyl groups is 1. The molecule has 0 unspecified atom stereocenters. The Labute approximate surface area is 101 Å². The molecule has 18 heavy (non-hydrogen) atoms. The first-order valence-corrected chi connectivity index (χ1v) is 5.68. The van der Waals surface area contributed by atoms with Gasteiger partial charge in [0.05, 0.1) is 6.10 Å². The maximum Gasteiger partial charge on any atom is 0.431 e. The van der Waals surface area contributed by atoms with Crippen molar-refractivity contribution >= 4 is 11.0 Å². The van der Waals surface area contributed by atoms with E-state index in [1.807, 2.05) is 0 Å². The number of halogens is 3. The third-order valence-corrected chi connectivity index (χ3v) is 3.34. The van der Waals surface area contributed by atoms with Crippen LogP contribution in [0.5, 0.6) is 0 Å². The van der Waals surface area contributed by atoms with Gasteiger partial charge in [0.25, 0.3) is 0 Å². The molecule has 0 aliphatic heterocycles. The Kier molecular flexibility index (Phi) is 2.38. The third-order valence-electron chi connectivity index (χ3n) is 3.34. The number of aromatic nitrogens is 2. The van der Waals surface area contributed by atoms with E-state index in [9.17, 15) is 18.3 Å². The molecule has 0 atom stereocenters. The van der Waals surface area contributed by atoms with Crippen LogP contribution in [0.3, 0.4) is 0 Å². The molecule has 1 aliphatic rings. The average Bonchev–Trinajstić information content (AvgIpc) is 2.63. The second-order valence-electron chi connectivity index (χ2n) is 4.59. The van der Waals surface area contributed by atoms with Crippen molar-refractivity contribution in [3.8, 4) is 0 Å². The van der Waals surface area contributed by atoms with Gasteiger partial charge < -0.3 is 9.67 Å². The molecule has 0 amide bonds. The summed E-state index contributed by atoms with van der Waals surface area (Å²) >= 11 is 0. The normalized spacial score (nSPS) is 24.2. The minimum absolute atomic E-state index is 0.316. The van der Waals surface area contributed by atoms with Crippen molar-refractivity contribution in [2.75, 3.05) is 0 Å². The Morgan fingerprint density at radius 3 is 2.67 bits per heavy atom. The number of aliphatic hydroxyl groups excluding tert-OH is 1. The molecule has 1 saturated carbocycles. The predicted molar refractivity (Wildman–Crippen MR) is 59.0 cm³/mol. The topological polar surface area (TPSA) is 38.0 Å². The summed E-state index contributed by atoms with van der Waals surface area (Å²) in [4.78, 5) is 4.02. The fourth-order valence-corrected chi connectivity index (χ4v) is 2.41. The first kappa shape index (κ1) is 11.5. The van der Waals surface area contributed by atoms with Crippen LogP contribution in [0.2, 0.25) is 0 Å². The Morgan fingerprint density at radius 2 is 2.06 bits per heavy atom. The molecule has 1 fully saturated rings. The quantitative estimate of drug-likeness (QED) is 0.852. The monoisotopic (exact) mass is 256 g/mol. The van der Waals surface area contributed by atoms with Gasteiger partial charge in [0.15, 0.2) is 0 Å². The van der Waals surface area contributed by atoms with Gasteiger partial charge >= 0.3 is 6.18 Å². The van der Waals surface area contributed by atoms with Crippen LogP contribution in [-0.2, 0) is 6.18 Å². The molecule has 0 spiro atoms. The number of hydrogen-bond donors (Lipinski definition) is 1. The summed E-state index contributed by atoms with van der Waals surface area (Å²) in [5, 5.41) is 9.75. The van der Waals surface area contributed by atoms with E-state index in [0.717, 1.165) is 6.07 Å². The highest BCUT2D eigenvalue weighted by Gasteiger charge is 2.40. The molecule has 0 aromatic carbocycles. The molecule has 0 radical (unpaired) electrons. The van der Waals surface area contributed by atoms with Gasteiger partial charge in [0.2, 0.25) is 0 Å². The second-order valence-corrected chi connectivity index (χ2v) is 4.59. The zero-order chi connectivity index (χ0) is 12.9. The fraction of sp³-hybridized carbons (Fsp3) is 0.417. The van der Waals surface area contributed by atoms with Gasteiger partial charge in [-0.25, -0.2) is 4.98 Å². The van der Waals surface area contributed by atoms with Crippen molar-refractivity contribution in [1.29, 1.82) is 0 Å². The second kappa shape index (κ2) is 3.71. The smallest absolute Gasteiger partial charge is 0.393 e. The molecular weight excluding hydrogens is 245 g/mol. The van der Waals surface area contributed by atoms with E-state index >= 15 is 0 Å². The van der Waals surface area contributed by atoms with Crippen LogP contribution in [0.4, 0.5) is 13.2 Å². The summed E-state index contributed by atoms with van der Waals surface area (Å²) in [7, 11) is 0. The first-order valence-electron chi connectivity index (χ1n) is 5.68. The molecule has 6 heteroatoms. The fourth-order valence-electron chi connectivity index (χ4n) is 2.41. The summed E-state index contributed by atoms with van der Waals surface area (Å²) in [6.07, 6.45) is -2.72. The SMILES string of the molecule is OC1CC(n2c(C(F)(F)F)cc3cccnc32)C1. The van der Waals surface area contributed by atoms with Gasteiger partial charge in [0, 0.05) is 17.6 Å². The van der Waals surface area contributed by atoms with Crippen LogP contribution in [0.15, 0.2) is 24.4 Å². The van der Waals surface area contributed by atoms with Crippen LogP contribution >= 0.6 is 0 Å². The van der Waals surface area contributed by atoms with Crippen LogP contribution in [-0.4, -0.2) is 20.8 Å². The molecule has 1 N–H and O–H groups in total. The van der Waals surface area contributed by atoms with E-state index in [1.165, 1.54) is 10.8 Å². The van der Waals surface area contributed by atoms with Crippen molar-refractivity contribution in [3.63, 3.8) is 0 Å². The van der Waals surface area contributed by atoms with Gasteiger partial charge in [-0.3, -0.25) is 0 Å². The molecule has 3 nitrogen and oxygen atoms in total. The summed E-state index contributed by atoms with van der Waals surface area (Å²) in [6, 6.07) is 4.03. The van der Waals surface area contributed by atoms with Crippen molar-refractivity contribution in [1.82, 2.24) is 9.55 Å². The van der Waals surface area contributed by atoms with Crippen molar-refractivity contribution < 1.29 is 18.3 Å². The Hall–Kier alpha value is -1.56. The molecule has 2 heterocycles. The van der Waals surface area contributed by atoms with Crippen LogP contribution in [0.1, 0.15) is 24.6 Å². The lowest BCUT2D eigenvalue weighted by Crippen LogP contribution is -2.33. The van der Waals surface area contributed by atoms with Gasteiger partial charge in [0.1, 0.15) is 11.3 Å². The van der Waals surface area contributed by atoms with Gasteiger partial charge in [-0.2, -0.15) is 13.2 Å². The molecule has 0 saturated heterocycles. The summed E-state index contributed by atoms with van der Waals surface area (Å²) in [6.45, 7) is 0. The van der Waals surface area contributed by atoms with E-state index in [4.69, 9.17) is 0 Å². The molecule has 1 aliphatic carbocycles. The molecule has 0 bridgehead atoms. The number of rotatable bonds is 1. The van der Waals surface area contributed by atoms with Gasteiger partial charge in [-0.05, 0) is 31.0 Å². The minimum atomic E-state index is -4.40. The highest BCUT2D eigenvalue weighted by molar-refractivity contribution is 5.77. The molecule has 96 valence electrons. The Balaban J connectivity index is 2.18. The third kappa shape index (κ3) is 1.68. The number of pyridine rings is 1. The highest BCUT2D eigenvalue weighted by Crippen LogP contribution is 2.41. The summed E-state index contributed by atoms with van der Waals surface area (Å²) in [5.41, 5.74) is -0.352. The average molecular weight is 256 g/mol. The standard InChI is InChI=1S/C12H11F3N2O/c13-12(14,15)10-4-7-2-1-3-16-11(7)17(10)8-5-9(18)6-8/h1-4,8-9,18H,5-6H2. The predicted octanol–water partition coefficient (Wildman–Crippen LogP) is 2.75. The lowest BCUT2D eigenvalue weighted by atomic mass is 9.89. The van der Waals surface area contributed by atoms with Gasteiger partial charge in [-0.15, -0.1) is 0 Å². The Bertz CT molecular complexity index is 585. The molecular formula is C12H11F3N2O. The minimum Gasteiger partial charge on any atom is -0.393 e. The first-order chi connectivity index (χ1) is 8.47. The van der Waals surface area contributed by atoms with Crippen molar-refractivity contribution in [3.05, 3.63) is 30.1 Å². The number of alkyl halides is 3. The maximum atomic E-state index is 13.0. The summed E-state index contributed by atoms with van der Waals surface area (Å²) in [5.74, 6) is 0. The molecule has 2 aromatic rings. The zero-order valence-electron chi connectivity index (χ0n) is 9.35.